The number of anilines is 1. The summed E-state index contributed by atoms with van der Waals surface area (Å²) in [6.45, 7) is -0.104. The van der Waals surface area contributed by atoms with Crippen LogP contribution in [0.5, 0.6) is 5.75 Å². The third-order valence-corrected chi connectivity index (χ3v) is 2.35. The summed E-state index contributed by atoms with van der Waals surface area (Å²) in [6, 6.07) is 6.65. The Morgan fingerprint density at radius 1 is 1.42 bits per heavy atom. The normalized spacial score (nSPS) is 10.2. The van der Waals surface area contributed by atoms with Crippen LogP contribution in [0.3, 0.4) is 0 Å². The Bertz CT molecular complexity index is 619. The smallest absolute Gasteiger partial charge is 0.314 e. The quantitative estimate of drug-likeness (QED) is 0.675. The first-order valence-corrected chi connectivity index (χ1v) is 5.34. The highest BCUT2D eigenvalue weighted by molar-refractivity contribution is 5.47. The van der Waals surface area contributed by atoms with Crippen molar-refractivity contribution in [2.24, 2.45) is 0 Å². The molecule has 0 atom stereocenters. The van der Waals surface area contributed by atoms with E-state index < -0.39 is 22.2 Å². The van der Waals surface area contributed by atoms with Gasteiger partial charge in [-0.1, -0.05) is 6.07 Å². The zero-order chi connectivity index (χ0) is 13.8. The third-order valence-electron chi connectivity index (χ3n) is 2.35. The minimum atomic E-state index is -0.793. The van der Waals surface area contributed by atoms with E-state index in [0.29, 0.717) is 11.4 Å². The van der Waals surface area contributed by atoms with Crippen molar-refractivity contribution in [1.82, 2.24) is 4.98 Å². The minimum Gasteiger partial charge on any atom is -0.478 e. The summed E-state index contributed by atoms with van der Waals surface area (Å²) in [6.07, 6.45) is 1.48. The van der Waals surface area contributed by atoms with Crippen LogP contribution < -0.4 is 10.5 Å². The molecule has 19 heavy (non-hydrogen) atoms. The zero-order valence-corrected chi connectivity index (χ0v) is 9.75. The Balaban J connectivity index is 2.22. The second-order valence-corrected chi connectivity index (χ2v) is 3.71. The van der Waals surface area contributed by atoms with Crippen LogP contribution in [0.4, 0.5) is 15.8 Å². The maximum Gasteiger partial charge on any atom is 0.314 e. The standard InChI is InChI=1S/C12H10FN3O3/c13-10-2-1-3-11(16(17)18)12(10)19-7-9-6-8(14)4-5-15-9/h1-6H,7H2,(H2,14,15). The summed E-state index contributed by atoms with van der Waals surface area (Å²) in [7, 11) is 0. The van der Waals surface area contributed by atoms with Crippen molar-refractivity contribution < 1.29 is 14.1 Å². The van der Waals surface area contributed by atoms with Crippen LogP contribution >= 0.6 is 0 Å². The number of aromatic nitrogens is 1. The monoisotopic (exact) mass is 263 g/mol. The molecule has 0 aliphatic rings. The lowest BCUT2D eigenvalue weighted by atomic mass is 10.3. The number of nitrogens with two attached hydrogens (primary N) is 1. The number of nitro benzene ring substituents is 1. The van der Waals surface area contributed by atoms with Gasteiger partial charge in [-0.3, -0.25) is 15.1 Å². The van der Waals surface area contributed by atoms with Crippen LogP contribution in [0.25, 0.3) is 0 Å². The van der Waals surface area contributed by atoms with Crippen molar-refractivity contribution in [1.29, 1.82) is 0 Å². The number of halogens is 1. The van der Waals surface area contributed by atoms with Crippen LogP contribution in [0.15, 0.2) is 36.5 Å². The van der Waals surface area contributed by atoms with Gasteiger partial charge in [-0.25, -0.2) is 4.39 Å². The number of ether oxygens (including phenoxy) is 1. The Morgan fingerprint density at radius 2 is 2.21 bits per heavy atom. The molecule has 1 heterocycles. The van der Waals surface area contributed by atoms with Crippen molar-refractivity contribution >= 4 is 11.4 Å². The molecule has 6 nitrogen and oxygen atoms in total. The van der Waals surface area contributed by atoms with Gasteiger partial charge >= 0.3 is 5.69 Å². The molecule has 2 N–H and O–H groups in total. The molecule has 0 spiro atoms. The summed E-state index contributed by atoms with van der Waals surface area (Å²) in [5.74, 6) is -1.20. The first-order chi connectivity index (χ1) is 9.08. The van der Waals surface area contributed by atoms with E-state index in [-0.39, 0.29) is 6.61 Å². The molecule has 7 heteroatoms. The van der Waals surface area contributed by atoms with Gasteiger partial charge < -0.3 is 10.5 Å². The van der Waals surface area contributed by atoms with Gasteiger partial charge in [0.05, 0.1) is 10.6 Å². The predicted molar refractivity (Wildman–Crippen MR) is 66.0 cm³/mol. The van der Waals surface area contributed by atoms with E-state index >= 15 is 0 Å². The number of hydrogen-bond acceptors (Lipinski definition) is 5. The molecule has 0 aliphatic heterocycles. The number of para-hydroxylation sites is 1. The molecule has 0 saturated heterocycles. The fraction of sp³-hybridized carbons (Fsp3) is 0.0833. The first-order valence-electron chi connectivity index (χ1n) is 5.34. The van der Waals surface area contributed by atoms with Gasteiger partial charge in [-0.05, 0) is 18.2 Å². The Labute approximate surface area is 107 Å². The molecule has 1 aromatic carbocycles. The SMILES string of the molecule is Nc1ccnc(COc2c(F)cccc2[N+](=O)[O-])c1. The lowest BCUT2D eigenvalue weighted by molar-refractivity contribution is -0.386. The highest BCUT2D eigenvalue weighted by Crippen LogP contribution is 2.30. The summed E-state index contributed by atoms with van der Waals surface area (Å²) < 4.78 is 18.7. The van der Waals surface area contributed by atoms with Crippen molar-refractivity contribution in [2.45, 2.75) is 6.61 Å². The van der Waals surface area contributed by atoms with E-state index in [0.717, 1.165) is 6.07 Å². The van der Waals surface area contributed by atoms with E-state index in [4.69, 9.17) is 10.5 Å². The van der Waals surface area contributed by atoms with Gasteiger partial charge in [0.2, 0.25) is 5.75 Å². The number of pyridine rings is 1. The molecule has 0 unspecified atom stereocenters. The Kier molecular flexibility index (Phi) is 3.56. The number of nitrogens with zero attached hydrogens (tertiary/aromatic N) is 2. The maximum absolute atomic E-state index is 13.5. The molecular weight excluding hydrogens is 253 g/mol. The molecule has 2 rings (SSSR count). The topological polar surface area (TPSA) is 91.3 Å². The van der Waals surface area contributed by atoms with Crippen molar-refractivity contribution in [3.05, 3.63) is 58.2 Å². The lowest BCUT2D eigenvalue weighted by Gasteiger charge is -2.07. The molecule has 0 fully saturated rings. The molecule has 0 aliphatic carbocycles. The van der Waals surface area contributed by atoms with Crippen molar-refractivity contribution in [3.63, 3.8) is 0 Å². The number of rotatable bonds is 4. The van der Waals surface area contributed by atoms with Gasteiger partial charge in [-0.2, -0.15) is 0 Å². The average Bonchev–Trinajstić information content (AvgIpc) is 2.37. The number of nitro groups is 1. The van der Waals surface area contributed by atoms with Crippen LogP contribution in [0.1, 0.15) is 5.69 Å². The van der Waals surface area contributed by atoms with E-state index in [1.165, 1.54) is 18.3 Å². The van der Waals surface area contributed by atoms with E-state index in [1.807, 2.05) is 0 Å². The van der Waals surface area contributed by atoms with Gasteiger partial charge in [0.1, 0.15) is 6.61 Å². The summed E-state index contributed by atoms with van der Waals surface area (Å²) in [5.41, 5.74) is 6.07. The number of hydrogen-bond donors (Lipinski definition) is 1. The Hall–Kier alpha value is -2.70. The van der Waals surface area contributed by atoms with Gasteiger partial charge in [0.15, 0.2) is 5.82 Å². The Morgan fingerprint density at radius 3 is 2.89 bits per heavy atom. The molecule has 0 bridgehead atoms. The van der Waals surface area contributed by atoms with Crippen LogP contribution in [0.2, 0.25) is 0 Å². The van der Waals surface area contributed by atoms with E-state index in [2.05, 4.69) is 4.98 Å². The second kappa shape index (κ2) is 5.30. The average molecular weight is 263 g/mol. The molecule has 1 aromatic heterocycles. The van der Waals surface area contributed by atoms with Gasteiger partial charge in [0.25, 0.3) is 0 Å². The summed E-state index contributed by atoms with van der Waals surface area (Å²) >= 11 is 0. The highest BCUT2D eigenvalue weighted by Gasteiger charge is 2.19. The highest BCUT2D eigenvalue weighted by atomic mass is 19.1. The zero-order valence-electron chi connectivity index (χ0n) is 9.75. The molecule has 0 saturated carbocycles. The summed E-state index contributed by atoms with van der Waals surface area (Å²) in [4.78, 5) is 14.0. The van der Waals surface area contributed by atoms with Crippen LogP contribution in [-0.2, 0) is 6.61 Å². The van der Waals surface area contributed by atoms with E-state index in [9.17, 15) is 14.5 Å². The maximum atomic E-state index is 13.5. The number of benzene rings is 1. The van der Waals surface area contributed by atoms with Crippen LogP contribution in [0, 0.1) is 15.9 Å². The van der Waals surface area contributed by atoms with Gasteiger partial charge in [-0.15, -0.1) is 0 Å². The van der Waals surface area contributed by atoms with Crippen LogP contribution in [-0.4, -0.2) is 9.91 Å². The fourth-order valence-electron chi connectivity index (χ4n) is 1.51. The molecular formula is C12H10FN3O3. The third kappa shape index (κ3) is 2.95. The molecule has 0 amide bonds. The van der Waals surface area contributed by atoms with E-state index in [1.54, 1.807) is 12.1 Å². The molecule has 2 aromatic rings. The lowest BCUT2D eigenvalue weighted by Crippen LogP contribution is -2.03. The largest absolute Gasteiger partial charge is 0.478 e. The minimum absolute atomic E-state index is 0.104. The number of nitrogen functional groups attached to an aromatic ring is 1. The first kappa shape index (κ1) is 12.7. The van der Waals surface area contributed by atoms with Crippen molar-refractivity contribution in [3.8, 4) is 5.75 Å². The summed E-state index contributed by atoms with van der Waals surface area (Å²) in [5, 5.41) is 10.8. The molecule has 98 valence electrons. The molecule has 0 radical (unpaired) electrons. The fourth-order valence-corrected chi connectivity index (χ4v) is 1.51. The second-order valence-electron chi connectivity index (χ2n) is 3.71. The predicted octanol–water partition coefficient (Wildman–Crippen LogP) is 2.29. The van der Waals surface area contributed by atoms with Crippen molar-refractivity contribution in [2.75, 3.05) is 5.73 Å². The van der Waals surface area contributed by atoms with Gasteiger partial charge in [0, 0.05) is 18.0 Å².